The average molecular weight is 579 g/mol. The van der Waals surface area contributed by atoms with E-state index in [1.165, 1.54) is 11.8 Å². The van der Waals surface area contributed by atoms with Crippen molar-refractivity contribution in [1.29, 1.82) is 0 Å². The molecule has 0 heterocycles. The number of rotatable bonds is 16. The monoisotopic (exact) mass is 578 g/mol. The molecule has 0 unspecified atom stereocenters. The lowest BCUT2D eigenvalue weighted by atomic mass is 9.95. The molecule has 10 nitrogen and oxygen atoms in total. The van der Waals surface area contributed by atoms with E-state index in [0.29, 0.717) is 18.7 Å². The minimum Gasteiger partial charge on any atom is -0.444 e. The summed E-state index contributed by atoms with van der Waals surface area (Å²) in [5.41, 5.74) is 0.223. The summed E-state index contributed by atoms with van der Waals surface area (Å²) in [4.78, 5) is 50.6. The van der Waals surface area contributed by atoms with Gasteiger partial charge in [-0.2, -0.15) is 11.8 Å². The molecule has 1 aromatic rings. The predicted octanol–water partition coefficient (Wildman–Crippen LogP) is 2.90. The molecule has 0 spiro atoms. The van der Waals surface area contributed by atoms with E-state index in [4.69, 9.17) is 4.74 Å². The van der Waals surface area contributed by atoms with Crippen LogP contribution < -0.4 is 21.3 Å². The molecule has 5 N–H and O–H groups in total. The molecule has 0 radical (unpaired) electrons. The number of benzene rings is 1. The number of hydrogen-bond donors (Lipinski definition) is 5. The standard InChI is InChI=1S/C29H46N4O6S/c1-8-12-22(32-27(37)23(15-16-40-7)33-28(38)39-29(4,5)6)24(34)17-19(2)25(35)31-20(3)26(36)30-18-21-13-10-9-11-14-21/h8-11,13-14,19-20,22-24,34H,1,12,15-18H2,2-7H3,(H,30,36)(H,31,35)(H,32,37)(H,33,38)/t19-,20+,22+,23+,24+/m1/s1. The van der Waals surface area contributed by atoms with Gasteiger partial charge in [0.15, 0.2) is 0 Å². The number of amides is 4. The quantitative estimate of drug-likeness (QED) is 0.190. The molecule has 0 aliphatic heterocycles. The molecular formula is C29H46N4O6S. The first kappa shape index (κ1) is 35.0. The lowest BCUT2D eigenvalue weighted by Crippen LogP contribution is -2.53. The summed E-state index contributed by atoms with van der Waals surface area (Å²) in [6.45, 7) is 12.5. The van der Waals surface area contributed by atoms with E-state index in [-0.39, 0.29) is 18.7 Å². The van der Waals surface area contributed by atoms with Gasteiger partial charge in [0.05, 0.1) is 12.1 Å². The fourth-order valence-electron chi connectivity index (χ4n) is 3.72. The summed E-state index contributed by atoms with van der Waals surface area (Å²) < 4.78 is 5.29. The van der Waals surface area contributed by atoms with Gasteiger partial charge in [0, 0.05) is 12.5 Å². The lowest BCUT2D eigenvalue weighted by molar-refractivity contribution is -0.131. The number of alkyl carbamates (subject to hydrolysis) is 1. The molecule has 0 saturated carbocycles. The van der Waals surface area contributed by atoms with Crippen molar-refractivity contribution in [3.05, 3.63) is 48.6 Å². The van der Waals surface area contributed by atoms with Gasteiger partial charge in [0.1, 0.15) is 17.7 Å². The third-order valence-corrected chi connectivity index (χ3v) is 6.58. The highest BCUT2D eigenvalue weighted by Crippen LogP contribution is 2.14. The Labute approximate surface area is 242 Å². The summed E-state index contributed by atoms with van der Waals surface area (Å²) in [6.07, 6.45) is 2.34. The van der Waals surface area contributed by atoms with Crippen molar-refractivity contribution < 1.29 is 29.0 Å². The summed E-state index contributed by atoms with van der Waals surface area (Å²) in [5.74, 6) is -1.20. The molecule has 0 aliphatic carbocycles. The molecule has 0 bridgehead atoms. The third-order valence-electron chi connectivity index (χ3n) is 5.94. The van der Waals surface area contributed by atoms with Crippen molar-refractivity contribution >= 4 is 35.6 Å². The summed E-state index contributed by atoms with van der Waals surface area (Å²) in [6, 6.07) is 7.07. The van der Waals surface area contributed by atoms with Crippen molar-refractivity contribution in [1.82, 2.24) is 21.3 Å². The Kier molecular flexibility index (Phi) is 15.4. The maximum Gasteiger partial charge on any atom is 0.408 e. The molecule has 11 heteroatoms. The molecule has 0 fully saturated rings. The Morgan fingerprint density at radius 1 is 1.02 bits per heavy atom. The van der Waals surface area contributed by atoms with Gasteiger partial charge in [-0.1, -0.05) is 43.3 Å². The van der Waals surface area contributed by atoms with Crippen LogP contribution in [-0.4, -0.2) is 70.8 Å². The number of aliphatic hydroxyl groups excluding tert-OH is 1. The van der Waals surface area contributed by atoms with Crippen molar-refractivity contribution in [3.8, 4) is 0 Å². The van der Waals surface area contributed by atoms with Crippen LogP contribution in [0.2, 0.25) is 0 Å². The van der Waals surface area contributed by atoms with Gasteiger partial charge in [-0.05, 0) is 64.5 Å². The molecular weight excluding hydrogens is 532 g/mol. The van der Waals surface area contributed by atoms with Gasteiger partial charge in [-0.15, -0.1) is 6.58 Å². The molecule has 0 saturated heterocycles. The Bertz CT molecular complexity index is 969. The van der Waals surface area contributed by atoms with E-state index >= 15 is 0 Å². The van der Waals surface area contributed by atoms with Crippen LogP contribution in [0.5, 0.6) is 0 Å². The summed E-state index contributed by atoms with van der Waals surface area (Å²) in [5, 5.41) is 21.8. The Hall–Kier alpha value is -3.05. The first-order chi connectivity index (χ1) is 18.8. The average Bonchev–Trinajstić information content (AvgIpc) is 2.88. The fraction of sp³-hybridized carbons (Fsp3) is 0.586. The van der Waals surface area contributed by atoms with Crippen LogP contribution in [0.4, 0.5) is 4.79 Å². The molecule has 5 atom stereocenters. The van der Waals surface area contributed by atoms with Gasteiger partial charge < -0.3 is 31.1 Å². The van der Waals surface area contributed by atoms with Crippen molar-refractivity contribution in [2.75, 3.05) is 12.0 Å². The van der Waals surface area contributed by atoms with Gasteiger partial charge >= 0.3 is 6.09 Å². The van der Waals surface area contributed by atoms with Gasteiger partial charge in [-0.3, -0.25) is 14.4 Å². The van der Waals surface area contributed by atoms with Gasteiger partial charge in [-0.25, -0.2) is 4.79 Å². The normalized spacial score (nSPS) is 15.0. The number of aliphatic hydroxyl groups is 1. The molecule has 40 heavy (non-hydrogen) atoms. The first-order valence-electron chi connectivity index (χ1n) is 13.5. The second-order valence-electron chi connectivity index (χ2n) is 10.8. The molecule has 0 aliphatic rings. The van der Waals surface area contributed by atoms with Gasteiger partial charge in [0.25, 0.3) is 0 Å². The number of carbonyl (C=O) groups is 4. The van der Waals surface area contributed by atoms with E-state index in [1.807, 2.05) is 36.6 Å². The smallest absolute Gasteiger partial charge is 0.408 e. The zero-order chi connectivity index (χ0) is 30.3. The highest BCUT2D eigenvalue weighted by atomic mass is 32.2. The second kappa shape index (κ2) is 17.6. The zero-order valence-electron chi connectivity index (χ0n) is 24.5. The van der Waals surface area contributed by atoms with Crippen molar-refractivity contribution in [2.45, 2.75) is 90.3 Å². The molecule has 1 aromatic carbocycles. The number of ether oxygens (including phenoxy) is 1. The van der Waals surface area contributed by atoms with E-state index in [1.54, 1.807) is 40.7 Å². The van der Waals surface area contributed by atoms with E-state index in [2.05, 4.69) is 27.8 Å². The Morgan fingerprint density at radius 2 is 1.68 bits per heavy atom. The lowest BCUT2D eigenvalue weighted by Gasteiger charge is -2.28. The second-order valence-corrected chi connectivity index (χ2v) is 11.7. The van der Waals surface area contributed by atoms with Crippen LogP contribution in [0.1, 0.15) is 59.4 Å². The van der Waals surface area contributed by atoms with Crippen molar-refractivity contribution in [2.24, 2.45) is 5.92 Å². The highest BCUT2D eigenvalue weighted by Gasteiger charge is 2.30. The SMILES string of the molecule is C=CC[C@H](NC(=O)[C@H](CCSC)NC(=O)OC(C)(C)C)[C@@H](O)C[C@@H](C)C(=O)N[C@@H](C)C(=O)NCc1ccccc1. The Morgan fingerprint density at radius 3 is 2.25 bits per heavy atom. The Balaban J connectivity index is 2.72. The number of carbonyl (C=O) groups excluding carboxylic acids is 4. The fourth-order valence-corrected chi connectivity index (χ4v) is 4.19. The topological polar surface area (TPSA) is 146 Å². The van der Waals surface area contributed by atoms with Gasteiger partial charge in [0.2, 0.25) is 17.7 Å². The van der Waals surface area contributed by atoms with Crippen LogP contribution in [-0.2, 0) is 25.7 Å². The van der Waals surface area contributed by atoms with Crippen LogP contribution >= 0.6 is 11.8 Å². The van der Waals surface area contributed by atoms with E-state index in [0.717, 1.165) is 5.56 Å². The van der Waals surface area contributed by atoms with E-state index < -0.39 is 53.7 Å². The number of nitrogens with one attached hydrogen (secondary N) is 4. The summed E-state index contributed by atoms with van der Waals surface area (Å²) in [7, 11) is 0. The maximum absolute atomic E-state index is 13.1. The maximum atomic E-state index is 13.1. The van der Waals surface area contributed by atoms with Crippen LogP contribution in [0, 0.1) is 5.92 Å². The predicted molar refractivity (Wildman–Crippen MR) is 159 cm³/mol. The number of hydrogen-bond acceptors (Lipinski definition) is 7. The largest absolute Gasteiger partial charge is 0.444 e. The van der Waals surface area contributed by atoms with Crippen LogP contribution in [0.25, 0.3) is 0 Å². The first-order valence-corrected chi connectivity index (χ1v) is 14.9. The molecule has 1 rings (SSSR count). The highest BCUT2D eigenvalue weighted by molar-refractivity contribution is 7.98. The third kappa shape index (κ3) is 13.8. The number of thioether (sulfide) groups is 1. The molecule has 224 valence electrons. The molecule has 0 aromatic heterocycles. The summed E-state index contributed by atoms with van der Waals surface area (Å²) >= 11 is 1.53. The minimum atomic E-state index is -1.08. The molecule has 4 amide bonds. The van der Waals surface area contributed by atoms with Crippen molar-refractivity contribution in [3.63, 3.8) is 0 Å². The van der Waals surface area contributed by atoms with Crippen LogP contribution in [0.15, 0.2) is 43.0 Å². The zero-order valence-corrected chi connectivity index (χ0v) is 25.3. The minimum absolute atomic E-state index is 0.0396. The van der Waals surface area contributed by atoms with E-state index in [9.17, 15) is 24.3 Å². The van der Waals surface area contributed by atoms with Crippen LogP contribution in [0.3, 0.4) is 0 Å².